The van der Waals surface area contributed by atoms with E-state index in [9.17, 15) is 13.5 Å². The van der Waals surface area contributed by atoms with Crippen LogP contribution in [-0.2, 0) is 15.6 Å². The van der Waals surface area contributed by atoms with Crippen molar-refractivity contribution in [2.75, 3.05) is 31.1 Å². The minimum absolute atomic E-state index is 0.0392. The fourth-order valence-corrected chi connectivity index (χ4v) is 6.94. The molecule has 1 fully saturated rings. The molecule has 2 heterocycles. The van der Waals surface area contributed by atoms with Gasteiger partial charge in [-0.2, -0.15) is 4.31 Å². The van der Waals surface area contributed by atoms with Crippen LogP contribution in [0.5, 0.6) is 0 Å². The molecule has 1 aliphatic rings. The lowest BCUT2D eigenvalue weighted by Gasteiger charge is -2.42. The van der Waals surface area contributed by atoms with Gasteiger partial charge in [-0.3, -0.25) is 0 Å². The normalized spacial score (nSPS) is 18.7. The van der Waals surface area contributed by atoms with Crippen LogP contribution in [0.3, 0.4) is 0 Å². The van der Waals surface area contributed by atoms with E-state index >= 15 is 0 Å². The number of rotatable bonds is 8. The predicted molar refractivity (Wildman–Crippen MR) is 139 cm³/mol. The van der Waals surface area contributed by atoms with Crippen molar-refractivity contribution in [2.45, 2.75) is 42.7 Å². The molecule has 3 aromatic rings. The Kier molecular flexibility index (Phi) is 7.45. The van der Waals surface area contributed by atoms with E-state index in [4.69, 9.17) is 0 Å². The van der Waals surface area contributed by atoms with Gasteiger partial charge in [0.05, 0.1) is 11.6 Å². The predicted octanol–water partition coefficient (Wildman–Crippen LogP) is 4.21. The lowest BCUT2D eigenvalue weighted by molar-refractivity contribution is 0.0786. The zero-order valence-electron chi connectivity index (χ0n) is 19.9. The van der Waals surface area contributed by atoms with Crippen LogP contribution in [0.4, 0.5) is 5.69 Å². The number of nitrogens with zero attached hydrogens (tertiary/aromatic N) is 2. The molecule has 1 aromatic heterocycles. The minimum atomic E-state index is -3.51. The molecular weight excluding hydrogens is 466 g/mol. The summed E-state index contributed by atoms with van der Waals surface area (Å²) >= 11 is 1.26. The van der Waals surface area contributed by atoms with Gasteiger partial charge in [0.15, 0.2) is 0 Å². The number of hydrogen-bond acceptors (Lipinski definition) is 6. The van der Waals surface area contributed by atoms with Crippen LogP contribution in [0.25, 0.3) is 0 Å². The van der Waals surface area contributed by atoms with E-state index in [1.807, 2.05) is 42.5 Å². The van der Waals surface area contributed by atoms with Crippen LogP contribution >= 0.6 is 11.3 Å². The molecule has 182 valence electrons. The van der Waals surface area contributed by atoms with E-state index in [0.29, 0.717) is 30.4 Å². The first kappa shape index (κ1) is 24.9. The summed E-state index contributed by atoms with van der Waals surface area (Å²) in [7, 11) is -3.51. The van der Waals surface area contributed by atoms with Crippen LogP contribution in [0, 0.1) is 0 Å². The van der Waals surface area contributed by atoms with Gasteiger partial charge in [0.1, 0.15) is 4.21 Å². The van der Waals surface area contributed by atoms with Crippen LogP contribution in [0.2, 0.25) is 0 Å². The number of thiophene rings is 1. The SMILES string of the molecule is CC(NC[C@H]1CN(S(=O)(=O)c2cccs2)CCN1c1ccc(C(C)(C)O)cc1)c1ccccc1. The van der Waals surface area contributed by atoms with Gasteiger partial charge in [-0.1, -0.05) is 48.5 Å². The second-order valence-electron chi connectivity index (χ2n) is 9.29. The fourth-order valence-electron chi connectivity index (χ4n) is 4.33. The Morgan fingerprint density at radius 3 is 2.38 bits per heavy atom. The number of benzene rings is 2. The van der Waals surface area contributed by atoms with Crippen molar-refractivity contribution in [3.8, 4) is 0 Å². The molecule has 0 amide bonds. The average Bonchev–Trinajstić information content (AvgIpc) is 3.38. The minimum Gasteiger partial charge on any atom is -0.386 e. The van der Waals surface area contributed by atoms with Crippen molar-refractivity contribution in [3.63, 3.8) is 0 Å². The standard InChI is InChI=1S/C26H33N3O3S2/c1-20(21-8-5-4-6-9-21)27-18-24-19-28(34(31,32)25-10-7-17-33-25)15-16-29(24)23-13-11-22(12-14-23)26(2,3)30/h4-14,17,20,24,27,30H,15-16,18-19H2,1-3H3/t20?,24-/m0/s1. The van der Waals surface area contributed by atoms with Gasteiger partial charge in [0, 0.05) is 37.9 Å². The third-order valence-electron chi connectivity index (χ3n) is 6.40. The van der Waals surface area contributed by atoms with Crippen LogP contribution in [0.15, 0.2) is 76.3 Å². The molecule has 0 aliphatic carbocycles. The molecule has 4 rings (SSSR count). The third kappa shape index (κ3) is 5.53. The van der Waals surface area contributed by atoms with Gasteiger partial charge in [-0.05, 0) is 55.5 Å². The molecular formula is C26H33N3O3S2. The Bertz CT molecular complexity index is 1160. The van der Waals surface area contributed by atoms with Crippen molar-refractivity contribution < 1.29 is 13.5 Å². The Morgan fingerprint density at radius 1 is 1.06 bits per heavy atom. The highest BCUT2D eigenvalue weighted by Crippen LogP contribution is 2.29. The summed E-state index contributed by atoms with van der Waals surface area (Å²) in [6, 6.07) is 21.7. The molecule has 0 bridgehead atoms. The summed E-state index contributed by atoms with van der Waals surface area (Å²) < 4.78 is 28.4. The molecule has 0 radical (unpaired) electrons. The van der Waals surface area contributed by atoms with Crippen molar-refractivity contribution in [3.05, 3.63) is 83.2 Å². The fraction of sp³-hybridized carbons (Fsp3) is 0.385. The van der Waals surface area contributed by atoms with Gasteiger partial charge < -0.3 is 15.3 Å². The second-order valence-corrected chi connectivity index (χ2v) is 12.4. The number of sulfonamides is 1. The van der Waals surface area contributed by atoms with Gasteiger partial charge in [-0.25, -0.2) is 8.42 Å². The Hall–Kier alpha value is -2.23. The van der Waals surface area contributed by atoms with E-state index in [1.54, 1.807) is 35.7 Å². The van der Waals surface area contributed by atoms with Gasteiger partial charge in [-0.15, -0.1) is 11.3 Å². The quantitative estimate of drug-likeness (QED) is 0.486. The summed E-state index contributed by atoms with van der Waals surface area (Å²) in [6.07, 6.45) is 0. The number of nitrogens with one attached hydrogen (secondary N) is 1. The number of anilines is 1. The van der Waals surface area contributed by atoms with Crippen molar-refractivity contribution in [2.24, 2.45) is 0 Å². The highest BCUT2D eigenvalue weighted by atomic mass is 32.2. The smallest absolute Gasteiger partial charge is 0.252 e. The molecule has 1 saturated heterocycles. The van der Waals surface area contributed by atoms with E-state index in [0.717, 1.165) is 11.3 Å². The number of piperazine rings is 1. The molecule has 8 heteroatoms. The highest BCUT2D eigenvalue weighted by Gasteiger charge is 2.35. The first-order chi connectivity index (χ1) is 16.2. The third-order valence-corrected chi connectivity index (χ3v) is 9.64. The molecule has 0 saturated carbocycles. The molecule has 34 heavy (non-hydrogen) atoms. The van der Waals surface area contributed by atoms with Gasteiger partial charge >= 0.3 is 0 Å². The lowest BCUT2D eigenvalue weighted by Crippen LogP contribution is -2.58. The largest absolute Gasteiger partial charge is 0.386 e. The van der Waals surface area contributed by atoms with Crippen LogP contribution in [-0.4, -0.2) is 50.1 Å². The Labute approximate surface area is 206 Å². The molecule has 6 nitrogen and oxygen atoms in total. The van der Waals surface area contributed by atoms with Crippen LogP contribution < -0.4 is 10.2 Å². The maximum absolute atomic E-state index is 13.2. The first-order valence-electron chi connectivity index (χ1n) is 11.6. The summed E-state index contributed by atoms with van der Waals surface area (Å²) in [5.74, 6) is 0. The molecule has 2 atom stereocenters. The van der Waals surface area contributed by atoms with Crippen molar-refractivity contribution in [1.82, 2.24) is 9.62 Å². The summed E-state index contributed by atoms with van der Waals surface area (Å²) in [4.78, 5) is 2.28. The van der Waals surface area contributed by atoms with Crippen LogP contribution in [0.1, 0.15) is 37.9 Å². The molecule has 2 N–H and O–H groups in total. The monoisotopic (exact) mass is 499 g/mol. The summed E-state index contributed by atoms with van der Waals surface area (Å²) in [5, 5.41) is 15.7. The number of aliphatic hydroxyl groups is 1. The van der Waals surface area contributed by atoms with E-state index in [2.05, 4.69) is 29.3 Å². The molecule has 2 aromatic carbocycles. The Morgan fingerprint density at radius 2 is 1.76 bits per heavy atom. The average molecular weight is 500 g/mol. The Balaban J connectivity index is 1.56. The maximum Gasteiger partial charge on any atom is 0.252 e. The molecule has 1 unspecified atom stereocenters. The zero-order valence-corrected chi connectivity index (χ0v) is 21.5. The number of hydrogen-bond donors (Lipinski definition) is 2. The van der Waals surface area contributed by atoms with E-state index < -0.39 is 15.6 Å². The zero-order chi connectivity index (χ0) is 24.3. The first-order valence-corrected chi connectivity index (χ1v) is 13.9. The van der Waals surface area contributed by atoms with Gasteiger partial charge in [0.25, 0.3) is 10.0 Å². The second kappa shape index (κ2) is 10.2. The van der Waals surface area contributed by atoms with E-state index in [1.165, 1.54) is 16.9 Å². The lowest BCUT2D eigenvalue weighted by atomic mass is 9.98. The van der Waals surface area contributed by atoms with Crippen molar-refractivity contribution >= 4 is 27.0 Å². The topological polar surface area (TPSA) is 72.9 Å². The highest BCUT2D eigenvalue weighted by molar-refractivity contribution is 7.91. The van der Waals surface area contributed by atoms with Gasteiger partial charge in [0.2, 0.25) is 0 Å². The van der Waals surface area contributed by atoms with E-state index in [-0.39, 0.29) is 12.1 Å². The molecule has 0 spiro atoms. The maximum atomic E-state index is 13.2. The summed E-state index contributed by atoms with van der Waals surface area (Å²) in [6.45, 7) is 7.74. The van der Waals surface area contributed by atoms with Crippen molar-refractivity contribution in [1.29, 1.82) is 0 Å². The molecule has 1 aliphatic heterocycles. The summed E-state index contributed by atoms with van der Waals surface area (Å²) in [5.41, 5.74) is 2.17.